The van der Waals surface area contributed by atoms with Crippen molar-refractivity contribution in [2.45, 2.75) is 127 Å². The van der Waals surface area contributed by atoms with Gasteiger partial charge in [-0.25, -0.2) is 4.79 Å². The largest absolute Gasteiger partial charge is 0.455 e. The average molecular weight is 587 g/mol. The summed E-state index contributed by atoms with van der Waals surface area (Å²) in [4.78, 5) is 26.3. The molecule has 5 aliphatic rings. The first-order valence-corrected chi connectivity index (χ1v) is 16.0. The Hall–Kier alpha value is -1.84. The molecule has 4 fully saturated rings. The number of esters is 1. The number of hydrogen-bond acceptors (Lipinski definition) is 8. The molecule has 8 nitrogen and oxygen atoms in total. The van der Waals surface area contributed by atoms with Gasteiger partial charge < -0.3 is 29.9 Å². The Morgan fingerprint density at radius 3 is 2.45 bits per heavy atom. The molecule has 10 atom stereocenters. The topological polar surface area (TPSA) is 137 Å². The summed E-state index contributed by atoms with van der Waals surface area (Å²) in [5.74, 6) is -3.78. The molecule has 3 saturated carbocycles. The molecule has 0 aromatic rings. The van der Waals surface area contributed by atoms with E-state index in [1.165, 1.54) is 44.6 Å². The van der Waals surface area contributed by atoms with Crippen molar-refractivity contribution in [3.05, 3.63) is 36.0 Å². The molecule has 4 N–H and O–H groups in total. The van der Waals surface area contributed by atoms with E-state index in [0.717, 1.165) is 12.8 Å². The Balaban J connectivity index is 1.31. The number of aliphatic hydroxyl groups is 4. The third-order valence-electron chi connectivity index (χ3n) is 11.7. The van der Waals surface area contributed by atoms with Crippen LogP contribution in [-0.4, -0.2) is 73.4 Å². The first-order valence-electron chi connectivity index (χ1n) is 16.0. The lowest BCUT2D eigenvalue weighted by molar-refractivity contribution is -0.214. The fourth-order valence-corrected chi connectivity index (χ4v) is 9.18. The van der Waals surface area contributed by atoms with Crippen molar-refractivity contribution in [1.82, 2.24) is 0 Å². The molecule has 4 aliphatic carbocycles. The number of unbranched alkanes of at least 4 members (excludes halogenated alkanes) is 7. The molecule has 0 aromatic heterocycles. The smallest absolute Gasteiger partial charge is 0.331 e. The van der Waals surface area contributed by atoms with Crippen LogP contribution in [0.1, 0.15) is 92.4 Å². The summed E-state index contributed by atoms with van der Waals surface area (Å²) < 4.78 is 12.2. The van der Waals surface area contributed by atoms with E-state index in [1.54, 1.807) is 19.1 Å². The van der Waals surface area contributed by atoms with Crippen LogP contribution in [-0.2, 0) is 19.1 Å². The summed E-state index contributed by atoms with van der Waals surface area (Å²) in [5.41, 5.74) is -6.72. The molecule has 5 rings (SSSR count). The number of allylic oxidation sites excluding steroid dienone is 3. The van der Waals surface area contributed by atoms with Gasteiger partial charge in [-0.05, 0) is 37.7 Å². The Morgan fingerprint density at radius 1 is 1.12 bits per heavy atom. The quantitative estimate of drug-likeness (QED) is 0.0888. The molecular weight excluding hydrogens is 536 g/mol. The van der Waals surface area contributed by atoms with Gasteiger partial charge in [-0.1, -0.05) is 90.5 Å². The standard InChI is InChI=1S/C34H50O8/c1-6-7-8-9-10-11-12-13-14-15-16-17-24(36)41-32-19-22(3)33(39)23-18-21(2)27(37)34(23,40)29(38)31(20-35)28(42-31)25(33)26(32)30(32,4)5/h14-18,22-23,25-26,28-29,35,38-40H,6-13,19-20H2,1-5H3. The fourth-order valence-electron chi connectivity index (χ4n) is 9.18. The minimum atomic E-state index is -2.32. The normalized spacial score (nSPS) is 44.7. The third kappa shape index (κ3) is 4.34. The van der Waals surface area contributed by atoms with Gasteiger partial charge in [-0.3, -0.25) is 4.79 Å². The van der Waals surface area contributed by atoms with Crippen LogP contribution >= 0.6 is 0 Å². The average Bonchev–Trinajstić information content (AvgIpc) is 3.76. The number of Topliss-reactive ketones (excluding diaryl/α,β-unsaturated/α-hetero) is 1. The maximum Gasteiger partial charge on any atom is 0.331 e. The number of carbonyl (C=O) groups is 2. The zero-order chi connectivity index (χ0) is 30.7. The summed E-state index contributed by atoms with van der Waals surface area (Å²) in [6, 6.07) is 0. The minimum absolute atomic E-state index is 0.261. The Labute approximate surface area is 249 Å². The minimum Gasteiger partial charge on any atom is -0.455 e. The maximum atomic E-state index is 13.2. The summed E-state index contributed by atoms with van der Waals surface area (Å²) in [6.07, 6.45) is 16.2. The highest BCUT2D eigenvalue weighted by atomic mass is 16.6. The Kier molecular flexibility index (Phi) is 8.23. The van der Waals surface area contributed by atoms with E-state index in [0.29, 0.717) is 6.42 Å². The van der Waals surface area contributed by atoms with E-state index in [4.69, 9.17) is 9.47 Å². The second-order valence-electron chi connectivity index (χ2n) is 14.3. The van der Waals surface area contributed by atoms with Crippen LogP contribution in [0.15, 0.2) is 36.0 Å². The first kappa shape index (κ1) is 31.6. The third-order valence-corrected chi connectivity index (χ3v) is 11.7. The molecule has 42 heavy (non-hydrogen) atoms. The van der Waals surface area contributed by atoms with Crippen LogP contribution in [0.5, 0.6) is 0 Å². The zero-order valence-electron chi connectivity index (χ0n) is 25.8. The van der Waals surface area contributed by atoms with Gasteiger partial charge in [0.1, 0.15) is 17.3 Å². The van der Waals surface area contributed by atoms with E-state index in [9.17, 15) is 30.0 Å². The molecule has 0 amide bonds. The van der Waals surface area contributed by atoms with Crippen molar-refractivity contribution in [1.29, 1.82) is 0 Å². The van der Waals surface area contributed by atoms with E-state index >= 15 is 0 Å². The fraction of sp³-hybridized carbons (Fsp3) is 0.765. The highest BCUT2D eigenvalue weighted by Gasteiger charge is 2.90. The SMILES string of the molecule is CCCCCCCCCC=CC=CC(=O)OC12CC(C)C3(O)C(C4OC4(CO)C(O)C4(O)C(=O)C(C)=CC43)C1C2(C)C. The first-order chi connectivity index (χ1) is 19.8. The molecule has 1 heterocycles. The number of aliphatic hydroxyl groups excluding tert-OH is 2. The molecule has 10 unspecified atom stereocenters. The lowest BCUT2D eigenvalue weighted by Crippen LogP contribution is -2.65. The molecular formula is C34H50O8. The van der Waals surface area contributed by atoms with Crippen molar-refractivity contribution in [2.75, 3.05) is 6.61 Å². The van der Waals surface area contributed by atoms with Crippen molar-refractivity contribution < 1.29 is 39.5 Å². The van der Waals surface area contributed by atoms with Crippen molar-refractivity contribution in [3.63, 3.8) is 0 Å². The number of rotatable bonds is 12. The van der Waals surface area contributed by atoms with E-state index < -0.39 is 76.1 Å². The van der Waals surface area contributed by atoms with Crippen molar-refractivity contribution in [2.24, 2.45) is 29.1 Å². The van der Waals surface area contributed by atoms with Gasteiger partial charge in [0.25, 0.3) is 0 Å². The van der Waals surface area contributed by atoms with Crippen molar-refractivity contribution in [3.8, 4) is 0 Å². The van der Waals surface area contributed by atoms with Gasteiger partial charge in [0, 0.05) is 29.2 Å². The lowest BCUT2D eigenvalue weighted by Gasteiger charge is -2.51. The molecule has 0 aromatic carbocycles. The predicted octanol–water partition coefficient (Wildman–Crippen LogP) is 3.95. The molecule has 0 radical (unpaired) electrons. The lowest BCUT2D eigenvalue weighted by atomic mass is 9.59. The van der Waals surface area contributed by atoms with Gasteiger partial charge in [0.05, 0.1) is 18.3 Å². The van der Waals surface area contributed by atoms with Gasteiger partial charge in [0.2, 0.25) is 0 Å². The van der Waals surface area contributed by atoms with E-state index in [2.05, 4.69) is 13.0 Å². The number of ether oxygens (including phenoxy) is 2. The van der Waals surface area contributed by atoms with Crippen LogP contribution in [0.2, 0.25) is 0 Å². The van der Waals surface area contributed by atoms with Gasteiger partial charge in [0.15, 0.2) is 11.4 Å². The summed E-state index contributed by atoms with van der Waals surface area (Å²) in [7, 11) is 0. The summed E-state index contributed by atoms with van der Waals surface area (Å²) in [6.45, 7) is 8.99. The van der Waals surface area contributed by atoms with Gasteiger partial charge in [-0.2, -0.15) is 0 Å². The Morgan fingerprint density at radius 2 is 1.79 bits per heavy atom. The van der Waals surface area contributed by atoms with Crippen LogP contribution in [0.3, 0.4) is 0 Å². The maximum absolute atomic E-state index is 13.2. The second-order valence-corrected chi connectivity index (χ2v) is 14.3. The zero-order valence-corrected chi connectivity index (χ0v) is 25.8. The molecule has 8 heteroatoms. The van der Waals surface area contributed by atoms with E-state index in [-0.39, 0.29) is 11.5 Å². The van der Waals surface area contributed by atoms with Crippen LogP contribution in [0.25, 0.3) is 0 Å². The highest BCUT2D eigenvalue weighted by molar-refractivity contribution is 6.05. The number of ketones is 1. The van der Waals surface area contributed by atoms with Crippen molar-refractivity contribution >= 4 is 11.8 Å². The van der Waals surface area contributed by atoms with Crippen LogP contribution < -0.4 is 0 Å². The van der Waals surface area contributed by atoms with Crippen LogP contribution in [0, 0.1) is 29.1 Å². The molecule has 0 spiro atoms. The van der Waals surface area contributed by atoms with Crippen LogP contribution in [0.4, 0.5) is 0 Å². The summed E-state index contributed by atoms with van der Waals surface area (Å²) in [5, 5.41) is 46.1. The molecule has 0 bridgehead atoms. The number of carbonyl (C=O) groups excluding carboxylic acids is 2. The number of fused-ring (bicyclic) bond motifs is 7. The predicted molar refractivity (Wildman–Crippen MR) is 157 cm³/mol. The number of epoxide rings is 1. The monoisotopic (exact) mass is 586 g/mol. The summed E-state index contributed by atoms with van der Waals surface area (Å²) >= 11 is 0. The molecule has 1 aliphatic heterocycles. The Bertz CT molecular complexity index is 1170. The van der Waals surface area contributed by atoms with E-state index in [1.807, 2.05) is 26.8 Å². The van der Waals surface area contributed by atoms with Gasteiger partial charge in [-0.15, -0.1) is 0 Å². The second kappa shape index (κ2) is 11.0. The van der Waals surface area contributed by atoms with Gasteiger partial charge >= 0.3 is 5.97 Å². The highest BCUT2D eigenvalue weighted by Crippen LogP contribution is 2.79. The molecule has 1 saturated heterocycles. The molecule has 234 valence electrons. The number of hydrogen-bond donors (Lipinski definition) is 4.